The highest BCUT2D eigenvalue weighted by Crippen LogP contribution is 2.28. The van der Waals surface area contributed by atoms with Crippen LogP contribution in [0.3, 0.4) is 0 Å². The Bertz CT molecular complexity index is 736. The zero-order chi connectivity index (χ0) is 15.6. The molecule has 0 radical (unpaired) electrons. The number of carboxylic acid groups (broad SMARTS) is 1. The molecular weight excluding hydrogens is 292 g/mol. The van der Waals surface area contributed by atoms with Gasteiger partial charge in [0, 0.05) is 16.0 Å². The van der Waals surface area contributed by atoms with Gasteiger partial charge in [-0.2, -0.15) is 0 Å². The number of carbonyl (C=O) groups excluding carboxylic acids is 2. The van der Waals surface area contributed by atoms with Gasteiger partial charge in [0.05, 0.1) is 5.56 Å². The summed E-state index contributed by atoms with van der Waals surface area (Å²) in [4.78, 5) is 35.1. The summed E-state index contributed by atoms with van der Waals surface area (Å²) in [7, 11) is 0. The lowest BCUT2D eigenvalue weighted by molar-refractivity contribution is 0.0698. The van der Waals surface area contributed by atoms with E-state index in [1.165, 1.54) is 41.7 Å². The maximum absolute atomic E-state index is 12.1. The Balaban J connectivity index is 2.28. The van der Waals surface area contributed by atoms with E-state index in [4.69, 9.17) is 10.8 Å². The van der Waals surface area contributed by atoms with Gasteiger partial charge in [0.25, 0.3) is 5.91 Å². The van der Waals surface area contributed by atoms with Gasteiger partial charge in [-0.3, -0.25) is 9.59 Å². The number of amides is 2. The second-order valence-electron chi connectivity index (χ2n) is 4.30. The molecule has 2 rings (SSSR count). The first kappa shape index (κ1) is 14.7. The van der Waals surface area contributed by atoms with Crippen molar-refractivity contribution in [3.05, 3.63) is 51.9 Å². The minimum absolute atomic E-state index is 0.0388. The number of thiophene rings is 1. The number of primary amides is 1. The summed E-state index contributed by atoms with van der Waals surface area (Å²) >= 11 is 1.17. The SMILES string of the molecule is Cc1cc(C(=O)O)c(NC(=O)c2cccc(C(N)=O)c2)s1. The van der Waals surface area contributed by atoms with E-state index in [9.17, 15) is 14.4 Å². The number of rotatable bonds is 4. The number of carbonyl (C=O) groups is 3. The molecule has 0 unspecified atom stereocenters. The number of benzene rings is 1. The second-order valence-corrected chi connectivity index (χ2v) is 5.56. The smallest absolute Gasteiger partial charge is 0.338 e. The standard InChI is InChI=1S/C14H12N2O4S/c1-7-5-10(14(19)20)13(21-7)16-12(18)9-4-2-3-8(6-9)11(15)17/h2-6H,1H3,(H2,15,17)(H,16,18)(H,19,20). The highest BCUT2D eigenvalue weighted by atomic mass is 32.1. The van der Waals surface area contributed by atoms with Gasteiger partial charge >= 0.3 is 5.97 Å². The van der Waals surface area contributed by atoms with Crippen molar-refractivity contribution >= 4 is 34.1 Å². The molecule has 0 saturated heterocycles. The predicted octanol–water partition coefficient (Wildman–Crippen LogP) is 2.11. The first-order valence-corrected chi connectivity index (χ1v) is 6.75. The topological polar surface area (TPSA) is 109 Å². The Morgan fingerprint density at radius 3 is 2.48 bits per heavy atom. The van der Waals surface area contributed by atoms with E-state index >= 15 is 0 Å². The second kappa shape index (κ2) is 5.76. The van der Waals surface area contributed by atoms with Gasteiger partial charge in [0.2, 0.25) is 5.91 Å². The summed E-state index contributed by atoms with van der Waals surface area (Å²) < 4.78 is 0. The Labute approximate surface area is 124 Å². The third-order valence-corrected chi connectivity index (χ3v) is 3.69. The summed E-state index contributed by atoms with van der Waals surface area (Å²) in [5.41, 5.74) is 5.64. The van der Waals surface area contributed by atoms with E-state index in [0.29, 0.717) is 0 Å². The van der Waals surface area contributed by atoms with Gasteiger partial charge < -0.3 is 16.2 Å². The average molecular weight is 304 g/mol. The molecule has 1 aromatic carbocycles. The van der Waals surface area contributed by atoms with E-state index in [1.807, 2.05) is 0 Å². The van der Waals surface area contributed by atoms with Crippen molar-refractivity contribution in [2.45, 2.75) is 6.92 Å². The summed E-state index contributed by atoms with van der Waals surface area (Å²) in [6, 6.07) is 7.40. The number of aromatic carboxylic acids is 1. The maximum atomic E-state index is 12.1. The van der Waals surface area contributed by atoms with Gasteiger partial charge in [-0.05, 0) is 31.2 Å². The molecule has 1 heterocycles. The summed E-state index contributed by atoms with van der Waals surface area (Å²) in [6.45, 7) is 1.75. The van der Waals surface area contributed by atoms with E-state index in [2.05, 4.69) is 5.32 Å². The molecule has 21 heavy (non-hydrogen) atoms. The van der Waals surface area contributed by atoms with Crippen molar-refractivity contribution in [1.82, 2.24) is 0 Å². The van der Waals surface area contributed by atoms with Crippen molar-refractivity contribution in [2.24, 2.45) is 5.73 Å². The van der Waals surface area contributed by atoms with Crippen LogP contribution >= 0.6 is 11.3 Å². The highest BCUT2D eigenvalue weighted by Gasteiger charge is 2.17. The number of anilines is 1. The number of carboxylic acids is 1. The molecule has 0 saturated carbocycles. The molecule has 4 N–H and O–H groups in total. The minimum Gasteiger partial charge on any atom is -0.478 e. The summed E-state index contributed by atoms with van der Waals surface area (Å²) in [6.07, 6.45) is 0. The fraction of sp³-hybridized carbons (Fsp3) is 0.0714. The maximum Gasteiger partial charge on any atom is 0.338 e. The van der Waals surface area contributed by atoms with Crippen LogP contribution in [0.4, 0.5) is 5.00 Å². The molecule has 0 aliphatic carbocycles. The molecule has 0 aliphatic heterocycles. The van der Waals surface area contributed by atoms with Gasteiger partial charge in [-0.25, -0.2) is 4.79 Å². The number of hydrogen-bond acceptors (Lipinski definition) is 4. The van der Waals surface area contributed by atoms with E-state index in [1.54, 1.807) is 6.92 Å². The predicted molar refractivity (Wildman–Crippen MR) is 78.9 cm³/mol. The van der Waals surface area contributed by atoms with E-state index in [-0.39, 0.29) is 21.7 Å². The van der Waals surface area contributed by atoms with Crippen molar-refractivity contribution in [1.29, 1.82) is 0 Å². The number of nitrogens with one attached hydrogen (secondary N) is 1. The first-order valence-electron chi connectivity index (χ1n) is 5.93. The molecule has 108 valence electrons. The molecule has 0 aliphatic rings. The fourth-order valence-electron chi connectivity index (χ4n) is 1.75. The Morgan fingerprint density at radius 1 is 1.19 bits per heavy atom. The van der Waals surface area contributed by atoms with Crippen LogP contribution in [0.2, 0.25) is 0 Å². The lowest BCUT2D eigenvalue weighted by Gasteiger charge is -2.05. The van der Waals surface area contributed by atoms with Gasteiger partial charge in [0.1, 0.15) is 5.00 Å². The molecule has 2 amide bonds. The third kappa shape index (κ3) is 3.26. The van der Waals surface area contributed by atoms with Crippen LogP contribution < -0.4 is 11.1 Å². The van der Waals surface area contributed by atoms with Gasteiger partial charge in [0.15, 0.2) is 0 Å². The third-order valence-electron chi connectivity index (χ3n) is 2.72. The zero-order valence-corrected chi connectivity index (χ0v) is 11.9. The molecule has 0 spiro atoms. The Hall–Kier alpha value is -2.67. The van der Waals surface area contributed by atoms with E-state index < -0.39 is 17.8 Å². The lowest BCUT2D eigenvalue weighted by atomic mass is 10.1. The quantitative estimate of drug-likeness (QED) is 0.803. The molecule has 1 aromatic heterocycles. The molecule has 7 heteroatoms. The van der Waals surface area contributed by atoms with Crippen LogP contribution in [0, 0.1) is 6.92 Å². The monoisotopic (exact) mass is 304 g/mol. The van der Waals surface area contributed by atoms with Crippen molar-refractivity contribution in [2.75, 3.05) is 5.32 Å². The van der Waals surface area contributed by atoms with Crippen LogP contribution in [0.25, 0.3) is 0 Å². The summed E-state index contributed by atoms with van der Waals surface area (Å²) in [5, 5.41) is 11.9. The Kier molecular flexibility index (Phi) is 4.04. The van der Waals surface area contributed by atoms with Crippen LogP contribution in [0.1, 0.15) is 36.0 Å². The molecule has 2 aromatic rings. The van der Waals surface area contributed by atoms with Crippen molar-refractivity contribution in [3.63, 3.8) is 0 Å². The number of nitrogens with two attached hydrogens (primary N) is 1. The molecule has 6 nitrogen and oxygen atoms in total. The zero-order valence-electron chi connectivity index (χ0n) is 11.0. The van der Waals surface area contributed by atoms with E-state index in [0.717, 1.165) is 4.88 Å². The first-order chi connectivity index (χ1) is 9.88. The molecule has 0 bridgehead atoms. The molecular formula is C14H12N2O4S. The van der Waals surface area contributed by atoms with Crippen LogP contribution in [-0.4, -0.2) is 22.9 Å². The number of hydrogen-bond donors (Lipinski definition) is 3. The largest absolute Gasteiger partial charge is 0.478 e. The molecule has 0 atom stereocenters. The van der Waals surface area contributed by atoms with Crippen LogP contribution in [-0.2, 0) is 0 Å². The minimum atomic E-state index is -1.11. The summed E-state index contributed by atoms with van der Waals surface area (Å²) in [5.74, 6) is -2.24. The average Bonchev–Trinajstić information content (AvgIpc) is 2.80. The van der Waals surface area contributed by atoms with Crippen LogP contribution in [0.5, 0.6) is 0 Å². The van der Waals surface area contributed by atoms with Gasteiger partial charge in [-0.1, -0.05) is 6.07 Å². The van der Waals surface area contributed by atoms with Crippen LogP contribution in [0.15, 0.2) is 30.3 Å². The van der Waals surface area contributed by atoms with Crippen molar-refractivity contribution < 1.29 is 19.5 Å². The fourth-order valence-corrected chi connectivity index (χ4v) is 2.65. The van der Waals surface area contributed by atoms with Crippen molar-refractivity contribution in [3.8, 4) is 0 Å². The normalized spacial score (nSPS) is 10.1. The number of aryl methyl sites for hydroxylation is 1. The lowest BCUT2D eigenvalue weighted by Crippen LogP contribution is -2.16. The highest BCUT2D eigenvalue weighted by molar-refractivity contribution is 7.16. The van der Waals surface area contributed by atoms with Gasteiger partial charge in [-0.15, -0.1) is 11.3 Å². The molecule has 0 fully saturated rings. The Morgan fingerprint density at radius 2 is 1.86 bits per heavy atom.